The van der Waals surface area contributed by atoms with Crippen molar-refractivity contribution in [3.05, 3.63) is 243 Å². The molecule has 0 radical (unpaired) electrons. The molecular formula is C64H40N4. The van der Waals surface area contributed by atoms with Gasteiger partial charge in [0.15, 0.2) is 11.5 Å². The molecular weight excluding hydrogens is 825 g/mol. The van der Waals surface area contributed by atoms with Gasteiger partial charge in [-0.15, -0.1) is 10.2 Å². The van der Waals surface area contributed by atoms with Crippen molar-refractivity contribution in [3.8, 4) is 61.6 Å². The van der Waals surface area contributed by atoms with Gasteiger partial charge in [-0.1, -0.05) is 176 Å². The molecule has 316 valence electrons. The molecule has 0 saturated heterocycles. The monoisotopic (exact) mass is 864 g/mol. The Kier molecular flexibility index (Phi) is 8.55. The summed E-state index contributed by atoms with van der Waals surface area (Å²) in [5.74, 6) is 0.822. The van der Waals surface area contributed by atoms with Crippen LogP contribution >= 0.6 is 0 Å². The number of rotatable bonds is 6. The highest BCUT2D eigenvalue weighted by Crippen LogP contribution is 2.39. The molecule has 11 aromatic carbocycles. The largest absolute Gasteiger partial charge is 0.309 e. The molecule has 0 N–H and O–H groups in total. The Morgan fingerprint density at radius 1 is 0.250 bits per heavy atom. The first-order valence-electron chi connectivity index (χ1n) is 23.2. The number of aromatic nitrogens is 4. The van der Waals surface area contributed by atoms with Crippen molar-refractivity contribution in [2.24, 2.45) is 0 Å². The summed E-state index contributed by atoms with van der Waals surface area (Å²) in [6.07, 6.45) is 0. The minimum absolute atomic E-state index is 0.822. The maximum Gasteiger partial charge on any atom is 0.169 e. The normalized spacial score (nSPS) is 11.8. The maximum atomic E-state index is 4.81. The third-order valence-electron chi connectivity index (χ3n) is 14.0. The number of pyridine rings is 1. The summed E-state index contributed by atoms with van der Waals surface area (Å²) >= 11 is 0. The number of hydrogen-bond donors (Lipinski definition) is 0. The van der Waals surface area contributed by atoms with Crippen LogP contribution in [0.2, 0.25) is 0 Å². The van der Waals surface area contributed by atoms with Crippen LogP contribution in [-0.4, -0.2) is 19.2 Å². The van der Waals surface area contributed by atoms with Gasteiger partial charge in [-0.05, 0) is 138 Å². The van der Waals surface area contributed by atoms with Crippen molar-refractivity contribution < 1.29 is 0 Å². The number of hydrogen-bond acceptors (Lipinski definition) is 2. The molecule has 0 saturated carbocycles. The van der Waals surface area contributed by atoms with E-state index in [0.717, 1.165) is 44.7 Å². The van der Waals surface area contributed by atoms with Crippen LogP contribution in [0, 0.1) is 0 Å². The van der Waals surface area contributed by atoms with Gasteiger partial charge in [-0.3, -0.25) is 4.40 Å². The van der Waals surface area contributed by atoms with E-state index >= 15 is 0 Å². The van der Waals surface area contributed by atoms with Crippen molar-refractivity contribution in [2.75, 3.05) is 0 Å². The smallest absolute Gasteiger partial charge is 0.169 e. The van der Waals surface area contributed by atoms with Crippen molar-refractivity contribution in [1.82, 2.24) is 19.2 Å². The van der Waals surface area contributed by atoms with Gasteiger partial charge in [-0.2, -0.15) is 0 Å². The lowest BCUT2D eigenvalue weighted by Crippen LogP contribution is -1.96. The van der Waals surface area contributed by atoms with E-state index in [4.69, 9.17) is 10.2 Å². The van der Waals surface area contributed by atoms with Gasteiger partial charge in [0.05, 0.1) is 16.6 Å². The Labute approximate surface area is 392 Å². The first-order valence-corrected chi connectivity index (χ1v) is 23.2. The number of para-hydroxylation sites is 1. The maximum absolute atomic E-state index is 4.81. The summed E-state index contributed by atoms with van der Waals surface area (Å²) in [5, 5.41) is 20.4. The van der Waals surface area contributed by atoms with Gasteiger partial charge >= 0.3 is 0 Å². The minimum Gasteiger partial charge on any atom is -0.309 e. The molecule has 68 heavy (non-hydrogen) atoms. The second kappa shape index (κ2) is 15.2. The first-order chi connectivity index (χ1) is 33.7. The quantitative estimate of drug-likeness (QED) is 0.156. The summed E-state index contributed by atoms with van der Waals surface area (Å²) in [6.45, 7) is 0. The van der Waals surface area contributed by atoms with E-state index in [0.29, 0.717) is 0 Å². The lowest BCUT2D eigenvalue weighted by atomic mass is 9.96. The molecule has 4 nitrogen and oxygen atoms in total. The van der Waals surface area contributed by atoms with Crippen LogP contribution < -0.4 is 0 Å². The molecule has 3 heterocycles. The molecule has 0 aliphatic carbocycles. The molecule has 14 rings (SSSR count). The van der Waals surface area contributed by atoms with Gasteiger partial charge in [0.1, 0.15) is 0 Å². The summed E-state index contributed by atoms with van der Waals surface area (Å²) < 4.78 is 4.61. The van der Waals surface area contributed by atoms with E-state index in [1.165, 1.54) is 87.6 Å². The highest BCUT2D eigenvalue weighted by Gasteiger charge is 2.18. The molecule has 0 bridgehead atoms. The van der Waals surface area contributed by atoms with Crippen LogP contribution in [0.3, 0.4) is 0 Å². The molecule has 0 amide bonds. The van der Waals surface area contributed by atoms with Crippen molar-refractivity contribution in [2.45, 2.75) is 0 Å². The average Bonchev–Trinajstić information content (AvgIpc) is 4.01. The van der Waals surface area contributed by atoms with E-state index in [9.17, 15) is 0 Å². The molecule has 0 unspecified atom stereocenters. The SMILES string of the molecule is c1ccc2cc(-c3ccc(-c4ccc5c(c4)c4cc(-c6ccc(-c7ccc8ccccc8c7)cc6)ccc4n5-c4ccc(-c5nnc6c7ccccc7c7ccccc7n56)cc4)cc3)ccc2c1. The summed E-state index contributed by atoms with van der Waals surface area (Å²) in [6, 6.07) is 88.2. The number of benzene rings is 11. The standard InChI is InChI=1S/C64H40N4/c1-3-11-48-37-50(27-25-41(48)9-1)43-17-21-45(22-18-43)52-31-35-61-58(39-52)59-40-53(46-23-19-44(20-24-46)51-28-26-42-10-2-4-12-49(42)38-51)32-36-62(59)67(61)54-33-29-47(30-34-54)63-65-66-64-57-15-6-5-13-55(57)56-14-7-8-16-60(56)68(63)64/h1-40H. The molecule has 0 spiro atoms. The van der Waals surface area contributed by atoms with E-state index in [-0.39, 0.29) is 0 Å². The molecule has 0 aliphatic rings. The fourth-order valence-electron chi connectivity index (χ4n) is 10.6. The topological polar surface area (TPSA) is 35.1 Å². The first kappa shape index (κ1) is 38.2. The lowest BCUT2D eigenvalue weighted by Gasteiger charge is -2.11. The van der Waals surface area contributed by atoms with Crippen LogP contribution in [0.4, 0.5) is 0 Å². The van der Waals surface area contributed by atoms with Crippen LogP contribution in [0.15, 0.2) is 243 Å². The predicted molar refractivity (Wildman–Crippen MR) is 285 cm³/mol. The highest BCUT2D eigenvalue weighted by molar-refractivity contribution is 6.13. The van der Waals surface area contributed by atoms with E-state index in [1.807, 2.05) is 0 Å². The fraction of sp³-hybridized carbons (Fsp3) is 0. The second-order valence-corrected chi connectivity index (χ2v) is 17.9. The van der Waals surface area contributed by atoms with Gasteiger partial charge in [0, 0.05) is 32.8 Å². The van der Waals surface area contributed by atoms with Gasteiger partial charge in [0.2, 0.25) is 0 Å². The Balaban J connectivity index is 0.879. The Morgan fingerprint density at radius 2 is 0.662 bits per heavy atom. The number of fused-ring (bicyclic) bond motifs is 11. The lowest BCUT2D eigenvalue weighted by molar-refractivity contribution is 1.11. The van der Waals surface area contributed by atoms with Crippen molar-refractivity contribution >= 4 is 70.7 Å². The molecule has 3 aromatic heterocycles. The van der Waals surface area contributed by atoms with Crippen molar-refractivity contribution in [1.29, 1.82) is 0 Å². The van der Waals surface area contributed by atoms with Crippen LogP contribution in [0.25, 0.3) is 132 Å². The molecule has 4 heteroatoms. The zero-order chi connectivity index (χ0) is 44.7. The van der Waals surface area contributed by atoms with E-state index in [1.54, 1.807) is 0 Å². The molecule has 0 aliphatic heterocycles. The summed E-state index contributed by atoms with van der Waals surface area (Å²) in [4.78, 5) is 0. The summed E-state index contributed by atoms with van der Waals surface area (Å²) in [7, 11) is 0. The van der Waals surface area contributed by atoms with Gasteiger partial charge < -0.3 is 4.57 Å². The van der Waals surface area contributed by atoms with E-state index in [2.05, 4.69) is 252 Å². The molecule has 14 aromatic rings. The molecule has 0 atom stereocenters. The Morgan fingerprint density at radius 3 is 1.21 bits per heavy atom. The minimum atomic E-state index is 0.822. The second-order valence-electron chi connectivity index (χ2n) is 17.9. The Bertz CT molecular complexity index is 4110. The van der Waals surface area contributed by atoms with Crippen LogP contribution in [0.5, 0.6) is 0 Å². The predicted octanol–water partition coefficient (Wildman–Crippen LogP) is 16.8. The average molecular weight is 865 g/mol. The zero-order valence-electron chi connectivity index (χ0n) is 36.9. The van der Waals surface area contributed by atoms with Crippen molar-refractivity contribution in [3.63, 3.8) is 0 Å². The zero-order valence-corrected chi connectivity index (χ0v) is 36.9. The Hall–Kier alpha value is -9.12. The number of nitrogens with zero attached hydrogens (tertiary/aromatic N) is 4. The van der Waals surface area contributed by atoms with Gasteiger partial charge in [0.25, 0.3) is 0 Å². The summed E-state index contributed by atoms with van der Waals surface area (Å²) in [5.41, 5.74) is 15.9. The highest BCUT2D eigenvalue weighted by atomic mass is 15.2. The fourth-order valence-corrected chi connectivity index (χ4v) is 10.6. The third kappa shape index (κ3) is 6.15. The van der Waals surface area contributed by atoms with Crippen LogP contribution in [0.1, 0.15) is 0 Å². The van der Waals surface area contributed by atoms with Crippen LogP contribution in [-0.2, 0) is 0 Å². The third-order valence-corrected chi connectivity index (χ3v) is 14.0. The van der Waals surface area contributed by atoms with E-state index < -0.39 is 0 Å². The van der Waals surface area contributed by atoms with Gasteiger partial charge in [-0.25, -0.2) is 0 Å². The molecule has 0 fully saturated rings.